The minimum atomic E-state index is -0.168. The molecule has 0 fully saturated rings. The van der Waals surface area contributed by atoms with E-state index in [4.69, 9.17) is 11.6 Å². The minimum absolute atomic E-state index is 0.168. The summed E-state index contributed by atoms with van der Waals surface area (Å²) in [7, 11) is 0. The van der Waals surface area contributed by atoms with Crippen molar-refractivity contribution in [3.05, 3.63) is 39.5 Å². The Morgan fingerprint density at radius 1 is 1.56 bits per heavy atom. The summed E-state index contributed by atoms with van der Waals surface area (Å²) in [5, 5.41) is 7.80. The second kappa shape index (κ2) is 6.06. The third-order valence-corrected chi connectivity index (χ3v) is 3.54. The number of hydrogen-bond donors (Lipinski definition) is 1. The number of thioether (sulfide) groups is 1. The van der Waals surface area contributed by atoms with Gasteiger partial charge < -0.3 is 0 Å². The molecular weight excluding hydrogens is 272 g/mol. The van der Waals surface area contributed by atoms with E-state index in [2.05, 4.69) is 15.2 Å². The summed E-state index contributed by atoms with van der Waals surface area (Å²) in [6.45, 7) is 2.69. The van der Waals surface area contributed by atoms with Gasteiger partial charge in [0.2, 0.25) is 0 Å². The number of hydrogen-bond acceptors (Lipinski definition) is 4. The van der Waals surface area contributed by atoms with Crippen LogP contribution in [0, 0.1) is 0 Å². The van der Waals surface area contributed by atoms with Gasteiger partial charge in [-0.3, -0.25) is 9.55 Å². The van der Waals surface area contributed by atoms with Gasteiger partial charge in [0.05, 0.1) is 5.69 Å². The van der Waals surface area contributed by atoms with Gasteiger partial charge in [0.1, 0.15) is 0 Å². The lowest BCUT2D eigenvalue weighted by Gasteiger charge is -2.03. The fraction of sp³-hybridized carbons (Fsp3) is 0.364. The van der Waals surface area contributed by atoms with Crippen molar-refractivity contribution < 1.29 is 0 Å². The Hall–Kier alpha value is -1.27. The molecular formula is C11H13ClN4OS. The molecule has 0 aromatic carbocycles. The highest BCUT2D eigenvalue weighted by molar-refractivity contribution is 7.98. The summed E-state index contributed by atoms with van der Waals surface area (Å²) in [5.74, 6) is 0.633. The molecule has 96 valence electrons. The second-order valence-corrected chi connectivity index (χ2v) is 5.10. The Kier molecular flexibility index (Phi) is 4.43. The maximum absolute atomic E-state index is 11.5. The summed E-state index contributed by atoms with van der Waals surface area (Å²) in [4.78, 5) is 15.7. The van der Waals surface area contributed by atoms with Crippen LogP contribution in [0.3, 0.4) is 0 Å². The van der Waals surface area contributed by atoms with Crippen LogP contribution in [-0.2, 0) is 12.3 Å². The predicted octanol–water partition coefficient (Wildman–Crippen LogP) is 2.32. The molecule has 0 spiro atoms. The maximum atomic E-state index is 11.5. The third-order valence-electron chi connectivity index (χ3n) is 2.30. The molecule has 0 aliphatic heterocycles. The molecule has 0 unspecified atom stereocenters. The van der Waals surface area contributed by atoms with Crippen molar-refractivity contribution in [2.24, 2.45) is 0 Å². The smallest absolute Gasteiger partial charge is 0.270 e. The Morgan fingerprint density at radius 3 is 3.11 bits per heavy atom. The van der Waals surface area contributed by atoms with Crippen LogP contribution >= 0.6 is 23.4 Å². The topological polar surface area (TPSA) is 63.6 Å². The molecule has 2 rings (SSSR count). The molecule has 0 saturated heterocycles. The van der Waals surface area contributed by atoms with E-state index in [-0.39, 0.29) is 5.69 Å². The number of nitrogens with zero attached hydrogens (tertiary/aromatic N) is 3. The quantitative estimate of drug-likeness (QED) is 0.856. The first-order valence-electron chi connectivity index (χ1n) is 5.59. The molecule has 0 radical (unpaired) electrons. The van der Waals surface area contributed by atoms with Gasteiger partial charge in [0.15, 0.2) is 5.16 Å². The van der Waals surface area contributed by atoms with Crippen molar-refractivity contribution in [1.82, 2.24) is 19.7 Å². The van der Waals surface area contributed by atoms with Crippen LogP contribution in [0.25, 0.3) is 0 Å². The molecule has 1 N–H and O–H groups in total. The summed E-state index contributed by atoms with van der Waals surface area (Å²) in [6, 6.07) is 3.54. The molecule has 5 nitrogen and oxygen atoms in total. The Morgan fingerprint density at radius 2 is 2.39 bits per heavy atom. The average Bonchev–Trinajstić information content (AvgIpc) is 2.69. The monoisotopic (exact) mass is 284 g/mol. The first-order valence-corrected chi connectivity index (χ1v) is 6.95. The number of pyridine rings is 1. The van der Waals surface area contributed by atoms with E-state index in [9.17, 15) is 4.79 Å². The zero-order chi connectivity index (χ0) is 13.0. The molecule has 0 bridgehead atoms. The van der Waals surface area contributed by atoms with E-state index in [1.807, 2.05) is 13.0 Å². The molecule has 18 heavy (non-hydrogen) atoms. The van der Waals surface area contributed by atoms with Gasteiger partial charge in [-0.15, -0.1) is 5.10 Å². The fourth-order valence-electron chi connectivity index (χ4n) is 1.50. The largest absolute Gasteiger partial charge is 0.343 e. The first-order chi connectivity index (χ1) is 8.70. The van der Waals surface area contributed by atoms with E-state index >= 15 is 0 Å². The number of rotatable bonds is 5. The van der Waals surface area contributed by atoms with Gasteiger partial charge in [0, 0.05) is 23.5 Å². The van der Waals surface area contributed by atoms with Gasteiger partial charge >= 0.3 is 5.69 Å². The minimum Gasteiger partial charge on any atom is -0.270 e. The SMILES string of the molecule is CCCn1c(SCc2cc(Cl)ccn2)n[nH]c1=O. The van der Waals surface area contributed by atoms with Gasteiger partial charge in [-0.05, 0) is 18.6 Å². The summed E-state index contributed by atoms with van der Waals surface area (Å²) in [6.07, 6.45) is 2.56. The Labute approximate surface area is 114 Å². The summed E-state index contributed by atoms with van der Waals surface area (Å²) in [5.41, 5.74) is 0.699. The number of halogens is 1. The van der Waals surface area contributed by atoms with Crippen LogP contribution in [0.1, 0.15) is 19.0 Å². The van der Waals surface area contributed by atoms with Crippen LogP contribution < -0.4 is 5.69 Å². The second-order valence-electron chi connectivity index (χ2n) is 3.72. The predicted molar refractivity (Wildman–Crippen MR) is 71.9 cm³/mol. The molecule has 2 aromatic heterocycles. The van der Waals surface area contributed by atoms with Crippen molar-refractivity contribution in [1.29, 1.82) is 0 Å². The third kappa shape index (κ3) is 3.14. The number of nitrogens with one attached hydrogen (secondary N) is 1. The zero-order valence-corrected chi connectivity index (χ0v) is 11.5. The first kappa shape index (κ1) is 13.2. The number of H-pyrrole nitrogens is 1. The fourth-order valence-corrected chi connectivity index (χ4v) is 2.56. The van der Waals surface area contributed by atoms with Crippen LogP contribution in [0.2, 0.25) is 5.02 Å². The van der Waals surface area contributed by atoms with Gasteiger partial charge in [0.25, 0.3) is 0 Å². The van der Waals surface area contributed by atoms with Crippen molar-refractivity contribution >= 4 is 23.4 Å². The summed E-state index contributed by atoms with van der Waals surface area (Å²) >= 11 is 7.35. The molecule has 2 aromatic rings. The van der Waals surface area contributed by atoms with Crippen molar-refractivity contribution in [3.8, 4) is 0 Å². The van der Waals surface area contributed by atoms with Crippen molar-refractivity contribution in [2.45, 2.75) is 30.8 Å². The standard InChI is InChI=1S/C11H13ClN4OS/c1-2-5-16-10(17)14-15-11(16)18-7-9-6-8(12)3-4-13-9/h3-4,6H,2,5,7H2,1H3,(H,14,17). The van der Waals surface area contributed by atoms with Crippen LogP contribution in [0.4, 0.5) is 0 Å². The molecule has 0 atom stereocenters. The molecule has 7 heteroatoms. The highest BCUT2D eigenvalue weighted by atomic mass is 35.5. The van der Waals surface area contributed by atoms with E-state index < -0.39 is 0 Å². The lowest BCUT2D eigenvalue weighted by molar-refractivity contribution is 0.603. The molecule has 2 heterocycles. The molecule has 0 amide bonds. The summed E-state index contributed by atoms with van der Waals surface area (Å²) < 4.78 is 1.63. The highest BCUT2D eigenvalue weighted by Gasteiger charge is 2.08. The highest BCUT2D eigenvalue weighted by Crippen LogP contribution is 2.20. The van der Waals surface area contributed by atoms with E-state index in [0.29, 0.717) is 22.5 Å². The molecule has 0 aliphatic carbocycles. The van der Waals surface area contributed by atoms with E-state index in [1.54, 1.807) is 16.8 Å². The zero-order valence-electron chi connectivity index (χ0n) is 9.89. The lowest BCUT2D eigenvalue weighted by Crippen LogP contribution is -2.17. The van der Waals surface area contributed by atoms with E-state index in [0.717, 1.165) is 12.1 Å². The number of aromatic amines is 1. The normalized spacial score (nSPS) is 10.8. The van der Waals surface area contributed by atoms with E-state index in [1.165, 1.54) is 11.8 Å². The van der Waals surface area contributed by atoms with Gasteiger partial charge in [-0.1, -0.05) is 30.3 Å². The van der Waals surface area contributed by atoms with Crippen molar-refractivity contribution in [2.75, 3.05) is 0 Å². The van der Waals surface area contributed by atoms with Crippen LogP contribution in [0.5, 0.6) is 0 Å². The van der Waals surface area contributed by atoms with Gasteiger partial charge in [-0.25, -0.2) is 9.89 Å². The molecule has 0 aliphatic rings. The van der Waals surface area contributed by atoms with Crippen molar-refractivity contribution in [3.63, 3.8) is 0 Å². The Bertz CT molecular complexity index is 580. The average molecular weight is 285 g/mol. The van der Waals surface area contributed by atoms with Crippen LogP contribution in [0.15, 0.2) is 28.3 Å². The molecule has 0 saturated carbocycles. The number of aromatic nitrogens is 4. The maximum Gasteiger partial charge on any atom is 0.343 e. The van der Waals surface area contributed by atoms with Crippen LogP contribution in [-0.4, -0.2) is 19.7 Å². The Balaban J connectivity index is 2.08. The van der Waals surface area contributed by atoms with Gasteiger partial charge in [-0.2, -0.15) is 0 Å². The lowest BCUT2D eigenvalue weighted by atomic mass is 10.4.